The first-order valence-electron chi connectivity index (χ1n) is 12.1. The molecule has 3 aromatic rings. The zero-order valence-electron chi connectivity index (χ0n) is 20.1. The Hall–Kier alpha value is -3.59. The molecule has 6 rings (SSSR count). The third-order valence-electron chi connectivity index (χ3n) is 6.43. The minimum Gasteiger partial charge on any atom is -0.493 e. The smallest absolute Gasteiger partial charge is 0.227 e. The van der Waals surface area contributed by atoms with Crippen molar-refractivity contribution in [2.45, 2.75) is 32.5 Å². The van der Waals surface area contributed by atoms with Gasteiger partial charge in [0, 0.05) is 38.3 Å². The number of methoxy groups -OCH3 is 1. The van der Waals surface area contributed by atoms with Crippen molar-refractivity contribution >= 4 is 5.91 Å². The lowest BCUT2D eigenvalue weighted by atomic mass is 10.1. The highest BCUT2D eigenvalue weighted by atomic mass is 16.5. The van der Waals surface area contributed by atoms with Gasteiger partial charge in [0.2, 0.25) is 5.91 Å². The lowest BCUT2D eigenvalue weighted by molar-refractivity contribution is -0.130. The quantitative estimate of drug-likeness (QED) is 0.533. The molecule has 0 aliphatic carbocycles. The van der Waals surface area contributed by atoms with E-state index in [4.69, 9.17) is 14.2 Å². The molecule has 1 fully saturated rings. The summed E-state index contributed by atoms with van der Waals surface area (Å²) in [5, 5.41) is 8.44. The first-order chi connectivity index (χ1) is 17.2. The second kappa shape index (κ2) is 10.8. The molecule has 1 saturated heterocycles. The molecule has 1 unspecified atom stereocenters. The summed E-state index contributed by atoms with van der Waals surface area (Å²) in [5.74, 6) is 2.35. The molecule has 0 saturated carbocycles. The number of hydrogen-bond donors (Lipinski definition) is 0. The summed E-state index contributed by atoms with van der Waals surface area (Å²) in [4.78, 5) is 17.4. The lowest BCUT2D eigenvalue weighted by Crippen LogP contribution is -2.36. The normalized spacial score (nSPS) is 19.2. The van der Waals surface area contributed by atoms with Gasteiger partial charge in [0.05, 0.1) is 26.3 Å². The van der Waals surface area contributed by atoms with E-state index < -0.39 is 0 Å². The van der Waals surface area contributed by atoms with Gasteiger partial charge in [-0.25, -0.2) is 4.68 Å². The highest BCUT2D eigenvalue weighted by molar-refractivity contribution is 5.78. The number of rotatable bonds is 1. The molecule has 0 radical (unpaired) electrons. The van der Waals surface area contributed by atoms with Crippen LogP contribution in [0.25, 0.3) is 0 Å². The van der Waals surface area contributed by atoms with Crippen molar-refractivity contribution in [2.75, 3.05) is 39.9 Å². The molecule has 3 aliphatic rings. The van der Waals surface area contributed by atoms with Crippen molar-refractivity contribution in [3.05, 3.63) is 65.5 Å². The molecule has 35 heavy (non-hydrogen) atoms. The van der Waals surface area contributed by atoms with Gasteiger partial charge in [0.1, 0.15) is 24.7 Å². The number of carbonyl (C=O) groups is 1. The fourth-order valence-corrected chi connectivity index (χ4v) is 4.54. The lowest BCUT2D eigenvalue weighted by Gasteiger charge is -2.23. The number of benzene rings is 2. The van der Waals surface area contributed by atoms with Gasteiger partial charge in [-0.3, -0.25) is 9.69 Å². The second-order valence-electron chi connectivity index (χ2n) is 8.89. The fourth-order valence-electron chi connectivity index (χ4n) is 4.54. The fraction of sp³-hybridized carbons (Fsp3) is 0.423. The highest BCUT2D eigenvalue weighted by Crippen LogP contribution is 2.33. The number of para-hydroxylation sites is 1. The van der Waals surface area contributed by atoms with Crippen molar-refractivity contribution in [2.24, 2.45) is 0 Å². The van der Waals surface area contributed by atoms with Crippen molar-refractivity contribution in [1.29, 1.82) is 0 Å². The van der Waals surface area contributed by atoms with E-state index in [-0.39, 0.29) is 12.5 Å². The monoisotopic (exact) mass is 477 g/mol. The van der Waals surface area contributed by atoms with E-state index in [0.717, 1.165) is 60.9 Å². The average molecular weight is 478 g/mol. The van der Waals surface area contributed by atoms with Gasteiger partial charge in [-0.05, 0) is 30.2 Å². The molecular weight excluding hydrogens is 446 g/mol. The molecule has 4 heterocycles. The molecule has 1 aromatic heterocycles. The van der Waals surface area contributed by atoms with Gasteiger partial charge in [-0.15, -0.1) is 5.10 Å². The van der Waals surface area contributed by atoms with Crippen LogP contribution in [-0.4, -0.2) is 70.6 Å². The summed E-state index contributed by atoms with van der Waals surface area (Å²) in [6.45, 7) is 5.25. The topological polar surface area (TPSA) is 81.9 Å². The molecule has 2 aromatic carbocycles. The van der Waals surface area contributed by atoms with Crippen LogP contribution in [0.15, 0.2) is 48.7 Å². The summed E-state index contributed by atoms with van der Waals surface area (Å²) in [6, 6.07) is 13.7. The van der Waals surface area contributed by atoms with Gasteiger partial charge in [0.15, 0.2) is 11.5 Å². The van der Waals surface area contributed by atoms with Gasteiger partial charge in [-0.2, -0.15) is 0 Å². The number of carbonyl (C=O) groups excluding carboxylic acids is 1. The Labute approximate surface area is 205 Å². The minimum absolute atomic E-state index is 0.165. The number of hydrogen-bond acceptors (Lipinski definition) is 7. The van der Waals surface area contributed by atoms with Crippen LogP contribution < -0.4 is 14.2 Å². The van der Waals surface area contributed by atoms with Gasteiger partial charge in [0.25, 0.3) is 0 Å². The Kier molecular flexibility index (Phi) is 7.13. The zero-order chi connectivity index (χ0) is 24.0. The van der Waals surface area contributed by atoms with Crippen LogP contribution in [0, 0.1) is 0 Å². The average Bonchev–Trinajstić information content (AvgIpc) is 3.19. The predicted octanol–water partition coefficient (Wildman–Crippen LogP) is 2.54. The summed E-state index contributed by atoms with van der Waals surface area (Å²) in [6.07, 6.45) is 3.21. The number of nitrogens with zero attached hydrogens (tertiary/aromatic N) is 5. The third-order valence-corrected chi connectivity index (χ3v) is 6.43. The Bertz CT molecular complexity index is 1150. The van der Waals surface area contributed by atoms with E-state index >= 15 is 0 Å². The van der Waals surface area contributed by atoms with Crippen LogP contribution in [0.4, 0.5) is 0 Å². The molecule has 0 spiro atoms. The molecular formula is C26H31N5O4. The zero-order valence-corrected chi connectivity index (χ0v) is 20.1. The van der Waals surface area contributed by atoms with Crippen LogP contribution in [0.2, 0.25) is 0 Å². The Morgan fingerprint density at radius 1 is 0.971 bits per heavy atom. The Morgan fingerprint density at radius 3 is 2.71 bits per heavy atom. The Morgan fingerprint density at radius 2 is 1.86 bits per heavy atom. The molecule has 6 bridgehead atoms. The maximum absolute atomic E-state index is 13.0. The first kappa shape index (κ1) is 23.2. The maximum Gasteiger partial charge on any atom is 0.227 e. The van der Waals surface area contributed by atoms with Crippen molar-refractivity contribution in [1.82, 2.24) is 24.8 Å². The number of aromatic nitrogens is 3. The van der Waals surface area contributed by atoms with Crippen molar-refractivity contribution in [3.8, 4) is 17.2 Å². The van der Waals surface area contributed by atoms with Crippen LogP contribution >= 0.6 is 0 Å². The van der Waals surface area contributed by atoms with Gasteiger partial charge < -0.3 is 19.1 Å². The third kappa shape index (κ3) is 5.74. The SMILES string of the molecule is COc1cccc2c1OCc1cn(nn1)CCOc1ccc(cc1)CC(=O)N1CCCN(CC1)C2. The van der Waals surface area contributed by atoms with Crippen LogP contribution in [0.5, 0.6) is 17.2 Å². The maximum atomic E-state index is 13.0. The molecule has 9 heteroatoms. The predicted molar refractivity (Wildman–Crippen MR) is 129 cm³/mol. The van der Waals surface area contributed by atoms with Gasteiger partial charge >= 0.3 is 0 Å². The summed E-state index contributed by atoms with van der Waals surface area (Å²) in [5.41, 5.74) is 2.78. The molecule has 9 nitrogen and oxygen atoms in total. The van der Waals surface area contributed by atoms with Crippen molar-refractivity contribution in [3.63, 3.8) is 0 Å². The summed E-state index contributed by atoms with van der Waals surface area (Å²) >= 11 is 0. The molecule has 1 amide bonds. The van der Waals surface area contributed by atoms with Crippen LogP contribution in [-0.2, 0) is 30.9 Å². The molecule has 1 atom stereocenters. The second-order valence-corrected chi connectivity index (χ2v) is 8.89. The number of amides is 1. The molecule has 184 valence electrons. The van der Waals surface area contributed by atoms with E-state index in [2.05, 4.69) is 21.3 Å². The highest BCUT2D eigenvalue weighted by Gasteiger charge is 2.21. The summed E-state index contributed by atoms with van der Waals surface area (Å²) in [7, 11) is 1.65. The summed E-state index contributed by atoms with van der Waals surface area (Å²) < 4.78 is 19.4. The van der Waals surface area contributed by atoms with E-state index in [0.29, 0.717) is 31.9 Å². The molecule has 0 N–H and O–H groups in total. The Balaban J connectivity index is 1.40. The van der Waals surface area contributed by atoms with Crippen LogP contribution in [0.3, 0.4) is 0 Å². The standard InChI is InChI=1S/C26H31N5O4/c1-33-24-5-2-4-21-17-29-10-3-11-30(13-12-29)25(32)16-20-6-8-23(9-7-20)34-15-14-31-18-22(27-28-31)19-35-26(21)24/h2,4-9,18H,3,10-17,19H2,1H3. The molecule has 3 aliphatic heterocycles. The largest absolute Gasteiger partial charge is 0.493 e. The van der Waals surface area contributed by atoms with E-state index in [1.807, 2.05) is 47.5 Å². The number of ether oxygens (including phenoxy) is 3. The minimum atomic E-state index is 0.165. The van der Waals surface area contributed by atoms with E-state index in [1.54, 1.807) is 11.8 Å². The van der Waals surface area contributed by atoms with E-state index in [1.165, 1.54) is 0 Å². The first-order valence-corrected chi connectivity index (χ1v) is 12.1. The van der Waals surface area contributed by atoms with E-state index in [9.17, 15) is 4.79 Å². The van der Waals surface area contributed by atoms with Crippen molar-refractivity contribution < 1.29 is 19.0 Å². The van der Waals surface area contributed by atoms with Crippen LogP contribution in [0.1, 0.15) is 23.2 Å². The van der Waals surface area contributed by atoms with Gasteiger partial charge in [-0.1, -0.05) is 29.5 Å². The number of fused-ring (bicyclic) bond motifs is 6.